The van der Waals surface area contributed by atoms with Crippen LogP contribution in [0, 0.1) is 0 Å². The predicted molar refractivity (Wildman–Crippen MR) is 86.4 cm³/mol. The number of carbonyl (C=O) groups is 1. The molecular weight excluding hydrogens is 331 g/mol. The van der Waals surface area contributed by atoms with E-state index in [1.807, 2.05) is 18.2 Å². The Morgan fingerprint density at radius 1 is 1.10 bits per heavy atom. The van der Waals surface area contributed by atoms with Gasteiger partial charge in [-0.3, -0.25) is 4.79 Å². The van der Waals surface area contributed by atoms with Crippen molar-refractivity contribution in [1.29, 1.82) is 0 Å². The van der Waals surface area contributed by atoms with Crippen LogP contribution in [0.25, 0.3) is 0 Å². The highest BCUT2D eigenvalue weighted by Gasteiger charge is 2.24. The molecule has 21 heavy (non-hydrogen) atoms. The lowest BCUT2D eigenvalue weighted by Gasteiger charge is -2.17. The van der Waals surface area contributed by atoms with Crippen molar-refractivity contribution in [3.8, 4) is 0 Å². The van der Waals surface area contributed by atoms with Crippen LogP contribution in [0.15, 0.2) is 42.5 Å². The van der Waals surface area contributed by atoms with Crippen LogP contribution in [0.5, 0.6) is 0 Å². The van der Waals surface area contributed by atoms with Crippen molar-refractivity contribution >= 4 is 40.8 Å². The Morgan fingerprint density at radius 2 is 1.81 bits per heavy atom. The minimum absolute atomic E-state index is 0.353. The summed E-state index contributed by atoms with van der Waals surface area (Å²) in [6.45, 7) is 0. The second-order valence-corrected chi connectivity index (χ2v) is 5.79. The second-order valence-electron chi connectivity index (χ2n) is 4.54. The summed E-state index contributed by atoms with van der Waals surface area (Å²) in [5.74, 6) is -0.864. The van der Waals surface area contributed by atoms with Gasteiger partial charge in [-0.05, 0) is 35.7 Å². The summed E-state index contributed by atoms with van der Waals surface area (Å²) in [6.07, 6.45) is 0.395. The standard InChI is InChI=1S/C16H13Cl3O2/c1-21-16(20)13(12-4-2-3-5-14(12)18)8-10-6-7-11(17)9-15(10)19/h2-7,9,13H,8H2,1H3. The predicted octanol–water partition coefficient (Wildman–Crippen LogP) is 5.15. The first kappa shape index (κ1) is 16.2. The van der Waals surface area contributed by atoms with Crippen LogP contribution in [0.2, 0.25) is 15.1 Å². The molecule has 0 aliphatic heterocycles. The van der Waals surface area contributed by atoms with Gasteiger partial charge < -0.3 is 4.74 Å². The molecule has 0 saturated carbocycles. The number of benzene rings is 2. The number of methoxy groups -OCH3 is 1. The van der Waals surface area contributed by atoms with Gasteiger partial charge in [0.1, 0.15) is 0 Å². The summed E-state index contributed by atoms with van der Waals surface area (Å²) in [6, 6.07) is 12.4. The number of rotatable bonds is 4. The molecule has 0 aliphatic carbocycles. The average Bonchev–Trinajstić information content (AvgIpc) is 2.47. The van der Waals surface area contributed by atoms with Gasteiger partial charge >= 0.3 is 5.97 Å². The van der Waals surface area contributed by atoms with Crippen molar-refractivity contribution in [3.05, 3.63) is 68.7 Å². The molecule has 110 valence electrons. The maximum Gasteiger partial charge on any atom is 0.313 e. The van der Waals surface area contributed by atoms with Crippen molar-refractivity contribution in [2.24, 2.45) is 0 Å². The molecule has 5 heteroatoms. The van der Waals surface area contributed by atoms with E-state index in [-0.39, 0.29) is 5.97 Å². The molecule has 1 unspecified atom stereocenters. The second kappa shape index (κ2) is 7.17. The number of hydrogen-bond acceptors (Lipinski definition) is 2. The smallest absolute Gasteiger partial charge is 0.313 e. The summed E-state index contributed by atoms with van der Waals surface area (Å²) in [5.41, 5.74) is 1.54. The third-order valence-electron chi connectivity index (χ3n) is 3.21. The summed E-state index contributed by atoms with van der Waals surface area (Å²) in [4.78, 5) is 12.1. The number of ether oxygens (including phenoxy) is 1. The molecule has 0 spiro atoms. The van der Waals surface area contributed by atoms with E-state index in [0.29, 0.717) is 21.5 Å². The van der Waals surface area contributed by atoms with Crippen LogP contribution >= 0.6 is 34.8 Å². The molecule has 0 aromatic heterocycles. The SMILES string of the molecule is COC(=O)C(Cc1ccc(Cl)cc1Cl)c1ccccc1Cl. The highest BCUT2D eigenvalue weighted by Crippen LogP contribution is 2.31. The summed E-state index contributed by atoms with van der Waals surface area (Å²) >= 11 is 18.3. The third kappa shape index (κ3) is 3.91. The molecule has 2 aromatic carbocycles. The van der Waals surface area contributed by atoms with Crippen LogP contribution in [-0.2, 0) is 16.0 Å². The Hall–Kier alpha value is -1.22. The molecule has 0 fully saturated rings. The highest BCUT2D eigenvalue weighted by atomic mass is 35.5. The number of hydrogen-bond donors (Lipinski definition) is 0. The topological polar surface area (TPSA) is 26.3 Å². The molecule has 0 saturated heterocycles. The minimum atomic E-state index is -0.512. The molecule has 0 bridgehead atoms. The van der Waals surface area contributed by atoms with E-state index in [1.165, 1.54) is 7.11 Å². The van der Waals surface area contributed by atoms with Gasteiger partial charge in [-0.15, -0.1) is 0 Å². The quantitative estimate of drug-likeness (QED) is 0.718. The van der Waals surface area contributed by atoms with E-state index < -0.39 is 5.92 Å². The van der Waals surface area contributed by atoms with Gasteiger partial charge in [0, 0.05) is 15.1 Å². The number of esters is 1. The van der Waals surface area contributed by atoms with E-state index in [1.54, 1.807) is 24.3 Å². The molecule has 0 amide bonds. The van der Waals surface area contributed by atoms with Crippen LogP contribution < -0.4 is 0 Å². The lowest BCUT2D eigenvalue weighted by atomic mass is 9.92. The zero-order valence-electron chi connectivity index (χ0n) is 11.3. The molecule has 2 aromatic rings. The molecule has 0 heterocycles. The molecule has 1 atom stereocenters. The summed E-state index contributed by atoms with van der Waals surface area (Å²) in [7, 11) is 1.36. The molecule has 0 aliphatic rings. The van der Waals surface area contributed by atoms with Crippen molar-refractivity contribution in [2.45, 2.75) is 12.3 Å². The molecule has 2 rings (SSSR count). The fourth-order valence-electron chi connectivity index (χ4n) is 2.13. The Morgan fingerprint density at radius 3 is 2.43 bits per heavy atom. The summed E-state index contributed by atoms with van der Waals surface area (Å²) in [5, 5.41) is 1.59. The van der Waals surface area contributed by atoms with Gasteiger partial charge in [0.05, 0.1) is 13.0 Å². The van der Waals surface area contributed by atoms with E-state index >= 15 is 0 Å². The van der Waals surface area contributed by atoms with E-state index in [9.17, 15) is 4.79 Å². The van der Waals surface area contributed by atoms with E-state index in [4.69, 9.17) is 39.5 Å². The van der Waals surface area contributed by atoms with Gasteiger partial charge in [0.2, 0.25) is 0 Å². The number of carbonyl (C=O) groups excluding carboxylic acids is 1. The van der Waals surface area contributed by atoms with Crippen LogP contribution in [-0.4, -0.2) is 13.1 Å². The minimum Gasteiger partial charge on any atom is -0.469 e. The van der Waals surface area contributed by atoms with Gasteiger partial charge in [-0.25, -0.2) is 0 Å². The van der Waals surface area contributed by atoms with Crippen LogP contribution in [0.3, 0.4) is 0 Å². The fourth-order valence-corrected chi connectivity index (χ4v) is 2.88. The van der Waals surface area contributed by atoms with Crippen LogP contribution in [0.4, 0.5) is 0 Å². The molecule has 0 radical (unpaired) electrons. The first-order chi connectivity index (χ1) is 10.0. The maximum absolute atomic E-state index is 12.1. The fraction of sp³-hybridized carbons (Fsp3) is 0.188. The zero-order valence-corrected chi connectivity index (χ0v) is 13.5. The Kier molecular flexibility index (Phi) is 5.51. The molecular formula is C16H13Cl3O2. The van der Waals surface area contributed by atoms with E-state index in [0.717, 1.165) is 11.1 Å². The lowest BCUT2D eigenvalue weighted by Crippen LogP contribution is -2.17. The third-order valence-corrected chi connectivity index (χ3v) is 4.14. The Labute approximate surface area is 138 Å². The monoisotopic (exact) mass is 342 g/mol. The number of halogens is 3. The van der Waals surface area contributed by atoms with Crippen molar-refractivity contribution < 1.29 is 9.53 Å². The zero-order chi connectivity index (χ0) is 15.4. The van der Waals surface area contributed by atoms with Crippen molar-refractivity contribution in [3.63, 3.8) is 0 Å². The van der Waals surface area contributed by atoms with Crippen molar-refractivity contribution in [2.75, 3.05) is 7.11 Å². The molecule has 0 N–H and O–H groups in total. The summed E-state index contributed by atoms with van der Waals surface area (Å²) < 4.78 is 4.89. The van der Waals surface area contributed by atoms with Gasteiger partial charge in [-0.2, -0.15) is 0 Å². The Bertz CT molecular complexity index is 656. The largest absolute Gasteiger partial charge is 0.469 e. The van der Waals surface area contributed by atoms with E-state index in [2.05, 4.69) is 0 Å². The Balaban J connectivity index is 2.38. The van der Waals surface area contributed by atoms with Gasteiger partial charge in [-0.1, -0.05) is 59.1 Å². The maximum atomic E-state index is 12.1. The average molecular weight is 344 g/mol. The first-order valence-corrected chi connectivity index (χ1v) is 7.42. The van der Waals surface area contributed by atoms with Gasteiger partial charge in [0.25, 0.3) is 0 Å². The van der Waals surface area contributed by atoms with Crippen LogP contribution in [0.1, 0.15) is 17.0 Å². The van der Waals surface area contributed by atoms with Crippen molar-refractivity contribution in [1.82, 2.24) is 0 Å². The lowest BCUT2D eigenvalue weighted by molar-refractivity contribution is -0.142. The first-order valence-electron chi connectivity index (χ1n) is 6.29. The molecule has 2 nitrogen and oxygen atoms in total. The normalized spacial score (nSPS) is 12.0. The highest BCUT2D eigenvalue weighted by molar-refractivity contribution is 6.35. The van der Waals surface area contributed by atoms with Gasteiger partial charge in [0.15, 0.2) is 0 Å².